The van der Waals surface area contributed by atoms with Crippen molar-refractivity contribution in [3.8, 4) is 0 Å². The Labute approximate surface area is 109 Å². The average Bonchev–Trinajstić information content (AvgIpc) is 3.03. The highest BCUT2D eigenvalue weighted by atomic mass is 16.5. The molecular formula is C14H24N2O2. The Bertz CT molecular complexity index is 322. The Morgan fingerprint density at radius 1 is 1.50 bits per heavy atom. The number of carbonyl (C=O) groups excluding carboxylic acids is 1. The lowest BCUT2D eigenvalue weighted by Gasteiger charge is -2.23. The number of amides is 1. The van der Waals surface area contributed by atoms with Crippen LogP contribution in [0.5, 0.6) is 0 Å². The van der Waals surface area contributed by atoms with E-state index in [1.54, 1.807) is 0 Å². The van der Waals surface area contributed by atoms with E-state index in [0.717, 1.165) is 37.9 Å². The standard InChI is InChI=1S/C14H24N2O2/c1-11(2)10-18-8-7-16-13(17)12-9-14(12)3-5-15-6-4-14/h12,15H,1,3-10H2,2H3,(H,16,17). The molecule has 1 aliphatic heterocycles. The minimum absolute atomic E-state index is 0.218. The lowest BCUT2D eigenvalue weighted by Crippen LogP contribution is -2.34. The molecule has 2 fully saturated rings. The van der Waals surface area contributed by atoms with Crippen LogP contribution in [-0.2, 0) is 9.53 Å². The second-order valence-electron chi connectivity index (χ2n) is 5.67. The third-order valence-electron chi connectivity index (χ3n) is 4.00. The minimum Gasteiger partial charge on any atom is -0.375 e. The van der Waals surface area contributed by atoms with E-state index in [-0.39, 0.29) is 11.8 Å². The maximum atomic E-state index is 12.0. The van der Waals surface area contributed by atoms with Crippen molar-refractivity contribution in [2.24, 2.45) is 11.3 Å². The molecule has 4 nitrogen and oxygen atoms in total. The maximum absolute atomic E-state index is 12.0. The summed E-state index contributed by atoms with van der Waals surface area (Å²) in [6.07, 6.45) is 3.38. The molecule has 1 saturated carbocycles. The number of hydrogen-bond acceptors (Lipinski definition) is 3. The van der Waals surface area contributed by atoms with Crippen LogP contribution in [0.25, 0.3) is 0 Å². The fourth-order valence-corrected chi connectivity index (χ4v) is 2.81. The summed E-state index contributed by atoms with van der Waals surface area (Å²) in [4.78, 5) is 12.0. The first-order valence-electron chi connectivity index (χ1n) is 6.85. The summed E-state index contributed by atoms with van der Waals surface area (Å²) >= 11 is 0. The van der Waals surface area contributed by atoms with E-state index < -0.39 is 0 Å². The zero-order chi connectivity index (χ0) is 13.0. The number of rotatable bonds is 6. The van der Waals surface area contributed by atoms with Crippen LogP contribution in [0, 0.1) is 11.3 Å². The average molecular weight is 252 g/mol. The van der Waals surface area contributed by atoms with Crippen LogP contribution in [0.2, 0.25) is 0 Å². The number of piperidine rings is 1. The van der Waals surface area contributed by atoms with Crippen molar-refractivity contribution in [1.82, 2.24) is 10.6 Å². The number of carbonyl (C=O) groups is 1. The molecule has 1 atom stereocenters. The van der Waals surface area contributed by atoms with Crippen LogP contribution < -0.4 is 10.6 Å². The molecule has 2 aliphatic rings. The van der Waals surface area contributed by atoms with Gasteiger partial charge in [-0.25, -0.2) is 0 Å². The monoisotopic (exact) mass is 252 g/mol. The van der Waals surface area contributed by atoms with Gasteiger partial charge in [0.2, 0.25) is 5.91 Å². The molecule has 1 heterocycles. The molecule has 1 saturated heterocycles. The van der Waals surface area contributed by atoms with E-state index >= 15 is 0 Å². The summed E-state index contributed by atoms with van der Waals surface area (Å²) in [5, 5.41) is 6.33. The Morgan fingerprint density at radius 2 is 2.22 bits per heavy atom. The first-order chi connectivity index (χ1) is 8.64. The van der Waals surface area contributed by atoms with Crippen LogP contribution in [0.3, 0.4) is 0 Å². The molecule has 0 aromatic carbocycles. The zero-order valence-corrected chi connectivity index (χ0v) is 11.3. The molecule has 18 heavy (non-hydrogen) atoms. The summed E-state index contributed by atoms with van der Waals surface area (Å²) in [7, 11) is 0. The van der Waals surface area contributed by atoms with Gasteiger partial charge < -0.3 is 15.4 Å². The van der Waals surface area contributed by atoms with E-state index in [4.69, 9.17) is 4.74 Å². The second kappa shape index (κ2) is 5.85. The van der Waals surface area contributed by atoms with Gasteiger partial charge in [0.05, 0.1) is 13.2 Å². The van der Waals surface area contributed by atoms with E-state index in [1.807, 2.05) is 6.92 Å². The van der Waals surface area contributed by atoms with Crippen molar-refractivity contribution in [2.75, 3.05) is 32.8 Å². The van der Waals surface area contributed by atoms with Gasteiger partial charge in [-0.05, 0) is 44.7 Å². The quantitative estimate of drug-likeness (QED) is 0.549. The lowest BCUT2D eigenvalue weighted by molar-refractivity contribution is -0.123. The Hall–Kier alpha value is -0.870. The van der Waals surface area contributed by atoms with Crippen LogP contribution in [0.1, 0.15) is 26.2 Å². The van der Waals surface area contributed by atoms with E-state index in [2.05, 4.69) is 17.2 Å². The number of hydrogen-bond donors (Lipinski definition) is 2. The predicted octanol–water partition coefficient (Wildman–Crippen LogP) is 1.08. The zero-order valence-electron chi connectivity index (χ0n) is 11.3. The molecule has 1 amide bonds. The van der Waals surface area contributed by atoms with Crippen LogP contribution in [0.4, 0.5) is 0 Å². The fraction of sp³-hybridized carbons (Fsp3) is 0.786. The van der Waals surface area contributed by atoms with Gasteiger partial charge in [0.1, 0.15) is 0 Å². The van der Waals surface area contributed by atoms with Crippen molar-refractivity contribution >= 4 is 5.91 Å². The van der Waals surface area contributed by atoms with Crippen molar-refractivity contribution in [2.45, 2.75) is 26.2 Å². The molecule has 1 spiro atoms. The van der Waals surface area contributed by atoms with Crippen LogP contribution in [0.15, 0.2) is 12.2 Å². The van der Waals surface area contributed by atoms with Gasteiger partial charge in [0.25, 0.3) is 0 Å². The molecule has 102 valence electrons. The van der Waals surface area contributed by atoms with E-state index in [9.17, 15) is 4.79 Å². The van der Waals surface area contributed by atoms with Crippen molar-refractivity contribution in [1.29, 1.82) is 0 Å². The summed E-state index contributed by atoms with van der Waals surface area (Å²) in [6, 6.07) is 0. The van der Waals surface area contributed by atoms with Gasteiger partial charge in [-0.3, -0.25) is 4.79 Å². The smallest absolute Gasteiger partial charge is 0.223 e. The molecule has 0 aromatic rings. The lowest BCUT2D eigenvalue weighted by atomic mass is 9.92. The van der Waals surface area contributed by atoms with Gasteiger partial charge in [0.15, 0.2) is 0 Å². The summed E-state index contributed by atoms with van der Waals surface area (Å²) in [6.45, 7) is 9.58. The van der Waals surface area contributed by atoms with Crippen LogP contribution in [-0.4, -0.2) is 38.8 Å². The molecule has 1 aliphatic carbocycles. The summed E-state index contributed by atoms with van der Waals surface area (Å²) in [5.74, 6) is 0.469. The molecule has 2 N–H and O–H groups in total. The molecule has 2 rings (SSSR count). The molecular weight excluding hydrogens is 228 g/mol. The van der Waals surface area contributed by atoms with Crippen molar-refractivity contribution < 1.29 is 9.53 Å². The van der Waals surface area contributed by atoms with Crippen molar-refractivity contribution in [3.63, 3.8) is 0 Å². The number of nitrogens with one attached hydrogen (secondary N) is 2. The van der Waals surface area contributed by atoms with Crippen molar-refractivity contribution in [3.05, 3.63) is 12.2 Å². The second-order valence-corrected chi connectivity index (χ2v) is 5.67. The fourth-order valence-electron chi connectivity index (χ4n) is 2.81. The summed E-state index contributed by atoms with van der Waals surface area (Å²) < 4.78 is 5.36. The normalized spacial score (nSPS) is 24.8. The molecule has 0 bridgehead atoms. The van der Waals surface area contributed by atoms with E-state index in [1.165, 1.54) is 0 Å². The highest BCUT2D eigenvalue weighted by molar-refractivity contribution is 5.82. The minimum atomic E-state index is 0.218. The molecule has 4 heteroatoms. The Morgan fingerprint density at radius 3 is 2.89 bits per heavy atom. The van der Waals surface area contributed by atoms with E-state index in [0.29, 0.717) is 25.2 Å². The topological polar surface area (TPSA) is 50.4 Å². The van der Waals surface area contributed by atoms with Gasteiger partial charge in [0, 0.05) is 12.5 Å². The third kappa shape index (κ3) is 3.33. The van der Waals surface area contributed by atoms with Gasteiger partial charge in [-0.1, -0.05) is 12.2 Å². The Balaban J connectivity index is 1.60. The van der Waals surface area contributed by atoms with Gasteiger partial charge in [-0.15, -0.1) is 0 Å². The third-order valence-corrected chi connectivity index (χ3v) is 4.00. The van der Waals surface area contributed by atoms with Gasteiger partial charge in [-0.2, -0.15) is 0 Å². The first-order valence-corrected chi connectivity index (χ1v) is 6.85. The molecule has 0 radical (unpaired) electrons. The molecule has 0 aromatic heterocycles. The van der Waals surface area contributed by atoms with Crippen LogP contribution >= 0.6 is 0 Å². The highest BCUT2D eigenvalue weighted by Gasteiger charge is 2.57. The molecule has 1 unspecified atom stereocenters. The predicted molar refractivity (Wildman–Crippen MR) is 71.3 cm³/mol. The summed E-state index contributed by atoms with van der Waals surface area (Å²) in [5.41, 5.74) is 1.34. The largest absolute Gasteiger partial charge is 0.375 e. The first kappa shape index (κ1) is 13.6. The Kier molecular flexibility index (Phi) is 4.40. The van der Waals surface area contributed by atoms with Gasteiger partial charge >= 0.3 is 0 Å². The highest BCUT2D eigenvalue weighted by Crippen LogP contribution is 2.58. The maximum Gasteiger partial charge on any atom is 0.223 e. The number of ether oxygens (including phenoxy) is 1. The SMILES string of the molecule is C=C(C)COCCNC(=O)C1CC12CCNCC2.